The van der Waals surface area contributed by atoms with Crippen LogP contribution in [0.3, 0.4) is 0 Å². The maximum atomic E-state index is 11.4. The van der Waals surface area contributed by atoms with Crippen LogP contribution in [0.15, 0.2) is 27.4 Å². The number of ether oxygens (including phenoxy) is 2. The van der Waals surface area contributed by atoms with Crippen LogP contribution in [0, 0.1) is 13.8 Å². The monoisotopic (exact) mass is 262 g/mol. The minimum absolute atomic E-state index is 0.179. The summed E-state index contributed by atoms with van der Waals surface area (Å²) in [6.07, 6.45) is 0. The van der Waals surface area contributed by atoms with Crippen molar-refractivity contribution >= 4 is 17.4 Å². The molecule has 0 atom stereocenters. The van der Waals surface area contributed by atoms with Crippen LogP contribution in [-0.2, 0) is 9.53 Å². The molecule has 2 rings (SSSR count). The highest BCUT2D eigenvalue weighted by molar-refractivity contribution is 5.84. The molecule has 0 aliphatic rings. The van der Waals surface area contributed by atoms with Crippen LogP contribution in [0.1, 0.15) is 11.1 Å². The highest BCUT2D eigenvalue weighted by Gasteiger charge is 2.09. The zero-order valence-electron chi connectivity index (χ0n) is 10.8. The number of hydrogen-bond acceptors (Lipinski definition) is 5. The highest BCUT2D eigenvalue weighted by atomic mass is 16.5. The number of aryl methyl sites for hydroxylation is 2. The van der Waals surface area contributed by atoms with Crippen molar-refractivity contribution in [1.29, 1.82) is 0 Å². The summed E-state index contributed by atoms with van der Waals surface area (Å²) in [5.41, 5.74) is 1.77. The summed E-state index contributed by atoms with van der Waals surface area (Å²) in [6.45, 7) is 4.48. The first-order chi connectivity index (χ1) is 9.13. The van der Waals surface area contributed by atoms with Gasteiger partial charge in [-0.2, -0.15) is 0 Å². The van der Waals surface area contributed by atoms with E-state index in [1.165, 1.54) is 6.07 Å². The van der Waals surface area contributed by atoms with Crippen molar-refractivity contribution in [3.63, 3.8) is 0 Å². The molecule has 0 saturated heterocycles. The average molecular weight is 262 g/mol. The van der Waals surface area contributed by atoms with Gasteiger partial charge in [-0.1, -0.05) is 0 Å². The molecule has 5 heteroatoms. The molecule has 0 radical (unpaired) electrons. The first-order valence-electron chi connectivity index (χ1n) is 5.85. The van der Waals surface area contributed by atoms with E-state index in [9.17, 15) is 9.59 Å². The summed E-state index contributed by atoms with van der Waals surface area (Å²) >= 11 is 0. The Morgan fingerprint density at radius 1 is 1.26 bits per heavy atom. The zero-order chi connectivity index (χ0) is 13.8. The van der Waals surface area contributed by atoms with Gasteiger partial charge in [0, 0.05) is 17.0 Å². The SMILES string of the molecule is Cc1cc(=O)oc2c(C)c(OCCOC=O)ccc12. The van der Waals surface area contributed by atoms with E-state index in [4.69, 9.17) is 9.15 Å². The number of benzene rings is 1. The number of carbonyl (C=O) groups excluding carboxylic acids is 1. The second-order valence-corrected chi connectivity index (χ2v) is 4.13. The molecule has 0 bridgehead atoms. The second-order valence-electron chi connectivity index (χ2n) is 4.13. The van der Waals surface area contributed by atoms with E-state index in [0.717, 1.165) is 16.5 Å². The molecule has 19 heavy (non-hydrogen) atoms. The Morgan fingerprint density at radius 2 is 2.05 bits per heavy atom. The van der Waals surface area contributed by atoms with Crippen LogP contribution in [0.4, 0.5) is 0 Å². The maximum absolute atomic E-state index is 11.4. The number of hydrogen-bond donors (Lipinski definition) is 0. The van der Waals surface area contributed by atoms with Gasteiger partial charge in [-0.3, -0.25) is 4.79 Å². The van der Waals surface area contributed by atoms with E-state index < -0.39 is 0 Å². The fraction of sp³-hybridized carbons (Fsp3) is 0.286. The molecule has 1 aromatic heterocycles. The quantitative estimate of drug-likeness (QED) is 0.468. The molecule has 0 saturated carbocycles. The van der Waals surface area contributed by atoms with Gasteiger partial charge in [0.1, 0.15) is 24.5 Å². The molecule has 0 amide bonds. The predicted molar refractivity (Wildman–Crippen MR) is 69.5 cm³/mol. The molecule has 0 N–H and O–H groups in total. The van der Waals surface area contributed by atoms with E-state index >= 15 is 0 Å². The molecule has 1 aromatic carbocycles. The standard InChI is InChI=1S/C14H14O5/c1-9-7-13(16)19-14-10(2)12(4-3-11(9)14)18-6-5-17-8-15/h3-4,7-8H,5-6H2,1-2H3. The van der Waals surface area contributed by atoms with Crippen molar-refractivity contribution in [2.45, 2.75) is 13.8 Å². The Kier molecular flexibility index (Phi) is 3.85. The topological polar surface area (TPSA) is 65.7 Å². The molecule has 100 valence electrons. The van der Waals surface area contributed by atoms with Crippen molar-refractivity contribution in [3.8, 4) is 5.75 Å². The first-order valence-corrected chi connectivity index (χ1v) is 5.85. The number of carbonyl (C=O) groups is 1. The fourth-order valence-corrected chi connectivity index (χ4v) is 1.90. The second kappa shape index (κ2) is 5.56. The van der Waals surface area contributed by atoms with E-state index in [1.54, 1.807) is 0 Å². The van der Waals surface area contributed by atoms with Crippen LogP contribution in [0.25, 0.3) is 11.0 Å². The van der Waals surface area contributed by atoms with Gasteiger partial charge >= 0.3 is 5.63 Å². The third-order valence-corrected chi connectivity index (χ3v) is 2.84. The number of rotatable bonds is 5. The molecule has 0 unspecified atom stereocenters. The largest absolute Gasteiger partial charge is 0.490 e. The normalized spacial score (nSPS) is 10.4. The lowest BCUT2D eigenvalue weighted by Crippen LogP contribution is -2.07. The van der Waals surface area contributed by atoms with Crippen LogP contribution < -0.4 is 10.4 Å². The predicted octanol–water partition coefficient (Wildman–Crippen LogP) is 1.96. The van der Waals surface area contributed by atoms with Crippen molar-refractivity contribution in [3.05, 3.63) is 39.7 Å². The van der Waals surface area contributed by atoms with E-state index in [0.29, 0.717) is 17.8 Å². The van der Waals surface area contributed by atoms with Gasteiger partial charge in [0.05, 0.1) is 0 Å². The maximum Gasteiger partial charge on any atom is 0.336 e. The smallest absolute Gasteiger partial charge is 0.336 e. The lowest BCUT2D eigenvalue weighted by molar-refractivity contribution is -0.129. The van der Waals surface area contributed by atoms with Crippen molar-refractivity contribution in [1.82, 2.24) is 0 Å². The summed E-state index contributed by atoms with van der Waals surface area (Å²) in [7, 11) is 0. The Labute approximate surface area is 109 Å². The molecule has 0 aliphatic carbocycles. The summed E-state index contributed by atoms with van der Waals surface area (Å²) in [5, 5.41) is 0.883. The fourth-order valence-electron chi connectivity index (χ4n) is 1.90. The molecule has 1 heterocycles. The first kappa shape index (κ1) is 13.1. The van der Waals surface area contributed by atoms with Crippen molar-refractivity contribution < 1.29 is 18.7 Å². The van der Waals surface area contributed by atoms with Crippen LogP contribution >= 0.6 is 0 Å². The van der Waals surface area contributed by atoms with Crippen LogP contribution in [0.2, 0.25) is 0 Å². The molecule has 2 aromatic rings. The third kappa shape index (κ3) is 2.76. The minimum atomic E-state index is -0.380. The Morgan fingerprint density at radius 3 is 2.79 bits per heavy atom. The lowest BCUT2D eigenvalue weighted by atomic mass is 10.1. The average Bonchev–Trinajstić information content (AvgIpc) is 2.37. The molecule has 5 nitrogen and oxygen atoms in total. The van der Waals surface area contributed by atoms with Crippen molar-refractivity contribution in [2.75, 3.05) is 13.2 Å². The summed E-state index contributed by atoms with van der Waals surface area (Å²) in [5.74, 6) is 0.607. The van der Waals surface area contributed by atoms with Gasteiger partial charge in [-0.05, 0) is 31.5 Å². The number of fused-ring (bicyclic) bond motifs is 1. The molecule has 0 aliphatic heterocycles. The third-order valence-electron chi connectivity index (χ3n) is 2.84. The van der Waals surface area contributed by atoms with Gasteiger partial charge in [0.25, 0.3) is 6.47 Å². The van der Waals surface area contributed by atoms with Crippen molar-refractivity contribution in [2.24, 2.45) is 0 Å². The Bertz CT molecular complexity index is 657. The Hall–Kier alpha value is -2.30. The minimum Gasteiger partial charge on any atom is -0.490 e. The van der Waals surface area contributed by atoms with E-state index in [2.05, 4.69) is 4.74 Å². The van der Waals surface area contributed by atoms with Gasteiger partial charge in [-0.25, -0.2) is 4.79 Å². The van der Waals surface area contributed by atoms with Gasteiger partial charge in [0.2, 0.25) is 0 Å². The summed E-state index contributed by atoms with van der Waals surface area (Å²) < 4.78 is 15.2. The molecule has 0 spiro atoms. The lowest BCUT2D eigenvalue weighted by Gasteiger charge is -2.10. The van der Waals surface area contributed by atoms with E-state index in [1.807, 2.05) is 26.0 Å². The van der Waals surface area contributed by atoms with Gasteiger partial charge in [0.15, 0.2) is 0 Å². The summed E-state index contributed by atoms with van der Waals surface area (Å²) in [4.78, 5) is 21.4. The molecule has 0 fully saturated rings. The highest BCUT2D eigenvalue weighted by Crippen LogP contribution is 2.27. The summed E-state index contributed by atoms with van der Waals surface area (Å²) in [6, 6.07) is 5.11. The Balaban J connectivity index is 2.34. The zero-order valence-corrected chi connectivity index (χ0v) is 10.8. The van der Waals surface area contributed by atoms with Crippen LogP contribution in [-0.4, -0.2) is 19.7 Å². The van der Waals surface area contributed by atoms with Gasteiger partial charge in [-0.15, -0.1) is 0 Å². The van der Waals surface area contributed by atoms with E-state index in [-0.39, 0.29) is 18.8 Å². The molecular formula is C14H14O5. The van der Waals surface area contributed by atoms with Crippen LogP contribution in [0.5, 0.6) is 5.75 Å². The van der Waals surface area contributed by atoms with Gasteiger partial charge < -0.3 is 13.9 Å². The molecular weight excluding hydrogens is 248 g/mol.